The van der Waals surface area contributed by atoms with Crippen molar-refractivity contribution in [3.05, 3.63) is 62.4 Å². The van der Waals surface area contributed by atoms with Crippen molar-refractivity contribution in [2.75, 3.05) is 24.3 Å². The first-order valence-electron chi connectivity index (χ1n) is 10.3. The molecule has 8 heteroatoms. The zero-order valence-corrected chi connectivity index (χ0v) is 18.8. The highest BCUT2D eigenvalue weighted by molar-refractivity contribution is 6.11. The standard InChI is InChI=1S/C23H29N5O3/c1-13(2)12-28-20-19(22(30)26-23(28)31)17(11-18(25-20)14(3)4)21(29)24-15-7-9-16(10-8-15)27(5)6/h7-11,13-14H,12H2,1-6H3,(H,24,29)(H,26,30,31). The van der Waals surface area contributed by atoms with E-state index in [1.807, 2.05) is 58.8 Å². The van der Waals surface area contributed by atoms with Crippen LogP contribution in [0.4, 0.5) is 11.4 Å². The molecule has 0 saturated carbocycles. The van der Waals surface area contributed by atoms with E-state index in [9.17, 15) is 14.4 Å². The van der Waals surface area contributed by atoms with Gasteiger partial charge in [-0.15, -0.1) is 0 Å². The summed E-state index contributed by atoms with van der Waals surface area (Å²) in [6.07, 6.45) is 0. The van der Waals surface area contributed by atoms with Crippen LogP contribution in [0.15, 0.2) is 39.9 Å². The average Bonchev–Trinajstić information content (AvgIpc) is 2.70. The summed E-state index contributed by atoms with van der Waals surface area (Å²) in [4.78, 5) is 47.3. The molecular weight excluding hydrogens is 394 g/mol. The van der Waals surface area contributed by atoms with Gasteiger partial charge in [-0.25, -0.2) is 9.78 Å². The van der Waals surface area contributed by atoms with E-state index in [4.69, 9.17) is 0 Å². The number of fused-ring (bicyclic) bond motifs is 1. The number of nitrogens with one attached hydrogen (secondary N) is 2. The number of aromatic nitrogens is 3. The van der Waals surface area contributed by atoms with Crippen molar-refractivity contribution < 1.29 is 4.79 Å². The molecule has 8 nitrogen and oxygen atoms in total. The predicted molar refractivity (Wildman–Crippen MR) is 124 cm³/mol. The summed E-state index contributed by atoms with van der Waals surface area (Å²) in [5.74, 6) is -0.256. The number of carbonyl (C=O) groups excluding carboxylic acids is 1. The summed E-state index contributed by atoms with van der Waals surface area (Å²) < 4.78 is 1.44. The van der Waals surface area contributed by atoms with Crippen LogP contribution in [0.5, 0.6) is 0 Å². The second-order valence-corrected chi connectivity index (χ2v) is 8.61. The Kier molecular flexibility index (Phi) is 6.29. The lowest BCUT2D eigenvalue weighted by Crippen LogP contribution is -2.33. The minimum Gasteiger partial charge on any atom is -0.378 e. The highest BCUT2D eigenvalue weighted by Gasteiger charge is 2.21. The van der Waals surface area contributed by atoms with Crippen molar-refractivity contribution in [1.82, 2.24) is 14.5 Å². The van der Waals surface area contributed by atoms with Gasteiger partial charge in [-0.05, 0) is 42.2 Å². The largest absolute Gasteiger partial charge is 0.378 e. The highest BCUT2D eigenvalue weighted by atomic mass is 16.2. The van der Waals surface area contributed by atoms with Gasteiger partial charge < -0.3 is 10.2 Å². The number of anilines is 2. The van der Waals surface area contributed by atoms with E-state index in [0.717, 1.165) is 5.69 Å². The number of rotatable bonds is 6. The lowest BCUT2D eigenvalue weighted by Gasteiger charge is -2.16. The number of pyridine rings is 1. The number of nitrogens with zero attached hydrogens (tertiary/aromatic N) is 3. The lowest BCUT2D eigenvalue weighted by atomic mass is 10.0. The number of amides is 1. The predicted octanol–water partition coefficient (Wildman–Crippen LogP) is 3.18. The van der Waals surface area contributed by atoms with E-state index in [1.54, 1.807) is 18.2 Å². The molecule has 0 aliphatic heterocycles. The van der Waals surface area contributed by atoms with Gasteiger partial charge in [0.15, 0.2) is 5.65 Å². The maximum Gasteiger partial charge on any atom is 0.330 e. The molecule has 0 saturated heterocycles. The molecule has 0 spiro atoms. The van der Waals surface area contributed by atoms with Crippen molar-refractivity contribution in [2.45, 2.75) is 40.2 Å². The minimum atomic E-state index is -0.615. The van der Waals surface area contributed by atoms with Gasteiger partial charge in [0.2, 0.25) is 0 Å². The minimum absolute atomic E-state index is 0.0113. The van der Waals surface area contributed by atoms with Crippen LogP contribution >= 0.6 is 0 Å². The van der Waals surface area contributed by atoms with Gasteiger partial charge in [-0.1, -0.05) is 27.7 Å². The van der Waals surface area contributed by atoms with Crippen LogP contribution < -0.4 is 21.5 Å². The van der Waals surface area contributed by atoms with Crippen molar-refractivity contribution >= 4 is 28.3 Å². The third-order valence-electron chi connectivity index (χ3n) is 4.99. The third kappa shape index (κ3) is 4.68. The summed E-state index contributed by atoms with van der Waals surface area (Å²) in [5.41, 5.74) is 1.55. The Hall–Kier alpha value is -3.42. The Labute approximate surface area is 180 Å². The van der Waals surface area contributed by atoms with E-state index < -0.39 is 17.2 Å². The first kappa shape index (κ1) is 22.3. The number of benzene rings is 1. The molecule has 1 aromatic carbocycles. The Morgan fingerprint density at radius 1 is 1.13 bits per heavy atom. The molecule has 2 heterocycles. The average molecular weight is 424 g/mol. The fourth-order valence-electron chi connectivity index (χ4n) is 3.34. The normalized spacial score (nSPS) is 11.4. The zero-order chi connectivity index (χ0) is 22.9. The fraction of sp³-hybridized carbons (Fsp3) is 0.391. The second-order valence-electron chi connectivity index (χ2n) is 8.61. The van der Waals surface area contributed by atoms with Crippen molar-refractivity contribution in [2.24, 2.45) is 5.92 Å². The zero-order valence-electron chi connectivity index (χ0n) is 18.8. The summed E-state index contributed by atoms with van der Waals surface area (Å²) in [7, 11) is 3.88. The van der Waals surface area contributed by atoms with Gasteiger partial charge in [0.25, 0.3) is 11.5 Å². The van der Waals surface area contributed by atoms with E-state index in [2.05, 4.69) is 15.3 Å². The molecule has 0 bridgehead atoms. The summed E-state index contributed by atoms with van der Waals surface area (Å²) in [6, 6.07) is 9.04. The van der Waals surface area contributed by atoms with E-state index in [0.29, 0.717) is 17.9 Å². The molecular formula is C23H29N5O3. The molecule has 3 aromatic rings. The summed E-state index contributed by atoms with van der Waals surface area (Å²) in [5, 5.41) is 2.98. The molecule has 0 atom stereocenters. The quantitative estimate of drug-likeness (QED) is 0.634. The number of hydrogen-bond acceptors (Lipinski definition) is 5. The summed E-state index contributed by atoms with van der Waals surface area (Å²) in [6.45, 7) is 8.23. The van der Waals surface area contributed by atoms with Crippen LogP contribution in [0.3, 0.4) is 0 Å². The smallest absolute Gasteiger partial charge is 0.330 e. The Balaban J connectivity index is 2.17. The van der Waals surface area contributed by atoms with Gasteiger partial charge in [0.05, 0.1) is 10.9 Å². The van der Waals surface area contributed by atoms with Crippen LogP contribution in [-0.4, -0.2) is 34.5 Å². The molecule has 0 radical (unpaired) electrons. The van der Waals surface area contributed by atoms with Gasteiger partial charge >= 0.3 is 5.69 Å². The molecule has 0 fully saturated rings. The maximum atomic E-state index is 13.2. The van der Waals surface area contributed by atoms with Gasteiger partial charge in [-0.2, -0.15) is 0 Å². The maximum absolute atomic E-state index is 13.2. The van der Waals surface area contributed by atoms with Crippen LogP contribution in [0, 0.1) is 5.92 Å². The van der Waals surface area contributed by atoms with Crippen molar-refractivity contribution in [1.29, 1.82) is 0 Å². The molecule has 1 amide bonds. The molecule has 3 rings (SSSR count). The molecule has 0 aliphatic carbocycles. The molecule has 0 aliphatic rings. The van der Waals surface area contributed by atoms with Crippen molar-refractivity contribution in [3.8, 4) is 0 Å². The molecule has 2 N–H and O–H groups in total. The topological polar surface area (TPSA) is 100 Å². The molecule has 31 heavy (non-hydrogen) atoms. The van der Waals surface area contributed by atoms with E-state index in [-0.39, 0.29) is 28.4 Å². The Bertz CT molecular complexity index is 1220. The first-order chi connectivity index (χ1) is 14.6. The Morgan fingerprint density at radius 3 is 2.32 bits per heavy atom. The summed E-state index contributed by atoms with van der Waals surface area (Å²) >= 11 is 0. The van der Waals surface area contributed by atoms with Gasteiger partial charge in [0, 0.05) is 37.7 Å². The number of carbonyl (C=O) groups is 1. The van der Waals surface area contributed by atoms with Crippen LogP contribution in [0.25, 0.3) is 11.0 Å². The number of H-pyrrole nitrogens is 1. The van der Waals surface area contributed by atoms with Crippen molar-refractivity contribution in [3.63, 3.8) is 0 Å². The van der Waals surface area contributed by atoms with Gasteiger partial charge in [0.1, 0.15) is 0 Å². The van der Waals surface area contributed by atoms with Crippen LogP contribution in [0.1, 0.15) is 49.7 Å². The molecule has 2 aromatic heterocycles. The third-order valence-corrected chi connectivity index (χ3v) is 4.99. The number of aromatic amines is 1. The van der Waals surface area contributed by atoms with Gasteiger partial charge in [-0.3, -0.25) is 19.1 Å². The first-order valence-corrected chi connectivity index (χ1v) is 10.3. The fourth-order valence-corrected chi connectivity index (χ4v) is 3.34. The number of hydrogen-bond donors (Lipinski definition) is 2. The Morgan fingerprint density at radius 2 is 1.77 bits per heavy atom. The van der Waals surface area contributed by atoms with Crippen LogP contribution in [-0.2, 0) is 6.54 Å². The molecule has 0 unspecified atom stereocenters. The monoisotopic (exact) mass is 423 g/mol. The highest BCUT2D eigenvalue weighted by Crippen LogP contribution is 2.22. The van der Waals surface area contributed by atoms with Crippen LogP contribution in [0.2, 0.25) is 0 Å². The molecule has 164 valence electrons. The van der Waals surface area contributed by atoms with E-state index >= 15 is 0 Å². The SMILES string of the molecule is CC(C)Cn1c(=O)[nH]c(=O)c2c(C(=O)Nc3ccc(N(C)C)cc3)cc(C(C)C)nc21. The second kappa shape index (κ2) is 8.75. The van der Waals surface area contributed by atoms with E-state index in [1.165, 1.54) is 4.57 Å². The lowest BCUT2D eigenvalue weighted by molar-refractivity contribution is 0.102.